The van der Waals surface area contributed by atoms with Crippen molar-refractivity contribution in [3.8, 4) is 5.75 Å². The molecule has 0 bridgehead atoms. The molecule has 0 saturated carbocycles. The quantitative estimate of drug-likeness (QED) is 0.429. The number of amides is 1. The van der Waals surface area contributed by atoms with Gasteiger partial charge in [-0.15, -0.1) is 11.8 Å². The van der Waals surface area contributed by atoms with Crippen LogP contribution in [0.3, 0.4) is 0 Å². The second-order valence-electron chi connectivity index (χ2n) is 8.02. The van der Waals surface area contributed by atoms with E-state index in [4.69, 9.17) is 9.47 Å². The molecule has 1 fully saturated rings. The van der Waals surface area contributed by atoms with Crippen molar-refractivity contribution < 1.29 is 14.3 Å². The molecule has 32 heavy (non-hydrogen) atoms. The highest BCUT2D eigenvalue weighted by atomic mass is 32.2. The molecular weight excluding hydrogens is 418 g/mol. The number of carbonyl (C=O) groups excluding carboxylic acids is 1. The molecule has 0 unspecified atom stereocenters. The van der Waals surface area contributed by atoms with Crippen molar-refractivity contribution in [3.05, 3.63) is 102 Å². The summed E-state index contributed by atoms with van der Waals surface area (Å²) in [4.78, 5) is 14.5. The lowest BCUT2D eigenvalue weighted by Crippen LogP contribution is -2.44. The average Bonchev–Trinajstić information content (AvgIpc) is 2.87. The summed E-state index contributed by atoms with van der Waals surface area (Å²) in [5.41, 5.74) is 3.61. The third kappa shape index (κ3) is 5.46. The molecule has 1 aliphatic rings. The van der Waals surface area contributed by atoms with Gasteiger partial charge in [0.1, 0.15) is 12.4 Å². The smallest absolute Gasteiger partial charge is 0.410 e. The van der Waals surface area contributed by atoms with Gasteiger partial charge in [0.05, 0.1) is 7.11 Å². The van der Waals surface area contributed by atoms with Crippen molar-refractivity contribution in [1.29, 1.82) is 0 Å². The summed E-state index contributed by atoms with van der Waals surface area (Å²) in [6.07, 6.45) is 1.54. The van der Waals surface area contributed by atoms with Crippen molar-refractivity contribution in [2.24, 2.45) is 0 Å². The molecular formula is C27H29NO3S. The van der Waals surface area contributed by atoms with Gasteiger partial charge in [0.15, 0.2) is 0 Å². The van der Waals surface area contributed by atoms with E-state index in [9.17, 15) is 4.79 Å². The Kier molecular flexibility index (Phi) is 7.38. The van der Waals surface area contributed by atoms with Gasteiger partial charge in [-0.1, -0.05) is 72.8 Å². The minimum atomic E-state index is -0.231. The van der Waals surface area contributed by atoms with Crippen LogP contribution in [-0.2, 0) is 21.8 Å². The predicted octanol–water partition coefficient (Wildman–Crippen LogP) is 6.26. The first-order chi connectivity index (χ1) is 15.7. The minimum absolute atomic E-state index is 0.0433. The molecule has 0 spiro atoms. The van der Waals surface area contributed by atoms with Gasteiger partial charge < -0.3 is 14.4 Å². The second kappa shape index (κ2) is 10.6. The van der Waals surface area contributed by atoms with Gasteiger partial charge in [0.25, 0.3) is 0 Å². The molecule has 0 aliphatic carbocycles. The summed E-state index contributed by atoms with van der Waals surface area (Å²) in [7, 11) is 1.69. The molecule has 166 valence electrons. The molecule has 3 aromatic carbocycles. The van der Waals surface area contributed by atoms with Crippen LogP contribution in [0.2, 0.25) is 0 Å². The first-order valence-corrected chi connectivity index (χ1v) is 12.0. The normalized spacial score (nSPS) is 15.2. The average molecular weight is 448 g/mol. The Hall–Kier alpha value is -2.92. The fourth-order valence-corrected chi connectivity index (χ4v) is 5.48. The summed E-state index contributed by atoms with van der Waals surface area (Å²) < 4.78 is 10.9. The minimum Gasteiger partial charge on any atom is -0.497 e. The third-order valence-corrected chi connectivity index (χ3v) is 7.68. The standard InChI is InChI=1S/C27H29NO3S/c1-30-25-14-12-24(13-15-25)27(32-21-23-10-6-3-7-11-23)16-18-28(19-17-27)26(29)31-20-22-8-4-2-5-9-22/h2-15H,16-21H2,1H3. The highest BCUT2D eigenvalue weighted by Gasteiger charge is 2.38. The first kappa shape index (κ1) is 22.3. The maximum atomic E-state index is 12.7. The van der Waals surface area contributed by atoms with Gasteiger partial charge in [0, 0.05) is 23.6 Å². The number of ether oxygens (including phenoxy) is 2. The number of rotatable bonds is 7. The summed E-state index contributed by atoms with van der Waals surface area (Å²) in [5.74, 6) is 1.80. The van der Waals surface area contributed by atoms with Gasteiger partial charge in [-0.05, 0) is 41.7 Å². The number of thioether (sulfide) groups is 1. The van der Waals surface area contributed by atoms with E-state index in [2.05, 4.69) is 36.4 Å². The van der Waals surface area contributed by atoms with E-state index >= 15 is 0 Å². The number of piperidine rings is 1. The molecule has 1 heterocycles. The highest BCUT2D eigenvalue weighted by molar-refractivity contribution is 7.99. The Labute approximate surface area is 194 Å². The van der Waals surface area contributed by atoms with Crippen LogP contribution >= 0.6 is 11.8 Å². The molecule has 1 aliphatic heterocycles. The van der Waals surface area contributed by atoms with E-state index in [1.54, 1.807) is 7.11 Å². The zero-order chi connectivity index (χ0) is 22.2. The van der Waals surface area contributed by atoms with Crippen LogP contribution in [0.1, 0.15) is 29.5 Å². The van der Waals surface area contributed by atoms with Gasteiger partial charge >= 0.3 is 6.09 Å². The zero-order valence-corrected chi connectivity index (χ0v) is 19.2. The third-order valence-electron chi connectivity index (χ3n) is 6.01. The van der Waals surface area contributed by atoms with E-state index in [1.165, 1.54) is 11.1 Å². The van der Waals surface area contributed by atoms with Crippen LogP contribution in [0, 0.1) is 0 Å². The van der Waals surface area contributed by atoms with Crippen molar-refractivity contribution in [1.82, 2.24) is 4.90 Å². The van der Waals surface area contributed by atoms with Crippen molar-refractivity contribution in [2.45, 2.75) is 29.9 Å². The molecule has 4 rings (SSSR count). The van der Waals surface area contributed by atoms with E-state index < -0.39 is 0 Å². The number of methoxy groups -OCH3 is 1. The zero-order valence-electron chi connectivity index (χ0n) is 18.4. The molecule has 1 saturated heterocycles. The van der Waals surface area contributed by atoms with Gasteiger partial charge in [-0.25, -0.2) is 4.79 Å². The molecule has 1 amide bonds. The number of benzene rings is 3. The molecule has 0 atom stereocenters. The van der Waals surface area contributed by atoms with Crippen LogP contribution in [0.5, 0.6) is 5.75 Å². The Morgan fingerprint density at radius 3 is 2.06 bits per heavy atom. The van der Waals surface area contributed by atoms with Gasteiger partial charge in [-0.3, -0.25) is 0 Å². The summed E-state index contributed by atoms with van der Waals surface area (Å²) >= 11 is 1.97. The first-order valence-electron chi connectivity index (χ1n) is 11.0. The van der Waals surface area contributed by atoms with Gasteiger partial charge in [-0.2, -0.15) is 0 Å². The lowest BCUT2D eigenvalue weighted by atomic mass is 9.88. The molecule has 0 aromatic heterocycles. The summed E-state index contributed by atoms with van der Waals surface area (Å²) in [6, 6.07) is 28.8. The summed E-state index contributed by atoms with van der Waals surface area (Å²) in [6.45, 7) is 1.67. The largest absolute Gasteiger partial charge is 0.497 e. The maximum absolute atomic E-state index is 12.7. The fourth-order valence-electron chi connectivity index (χ4n) is 4.07. The molecule has 3 aromatic rings. The van der Waals surface area contributed by atoms with E-state index in [1.807, 2.05) is 65.2 Å². The SMILES string of the molecule is COc1ccc(C2(SCc3ccccc3)CCN(C(=O)OCc3ccccc3)CC2)cc1. The highest BCUT2D eigenvalue weighted by Crippen LogP contribution is 2.47. The van der Waals surface area contributed by atoms with E-state index in [0.717, 1.165) is 29.9 Å². The van der Waals surface area contributed by atoms with Gasteiger partial charge in [0.2, 0.25) is 0 Å². The lowest BCUT2D eigenvalue weighted by molar-refractivity contribution is 0.0850. The maximum Gasteiger partial charge on any atom is 0.410 e. The van der Waals surface area contributed by atoms with Crippen molar-refractivity contribution in [3.63, 3.8) is 0 Å². The molecule has 0 N–H and O–H groups in total. The predicted molar refractivity (Wildman–Crippen MR) is 130 cm³/mol. The number of carbonyl (C=O) groups is 1. The Balaban J connectivity index is 1.43. The van der Waals surface area contributed by atoms with Crippen LogP contribution in [0.15, 0.2) is 84.9 Å². The Morgan fingerprint density at radius 1 is 0.875 bits per heavy atom. The van der Waals surface area contributed by atoms with E-state index in [-0.39, 0.29) is 10.8 Å². The van der Waals surface area contributed by atoms with Crippen LogP contribution in [0.4, 0.5) is 4.79 Å². The van der Waals surface area contributed by atoms with E-state index in [0.29, 0.717) is 19.7 Å². The Morgan fingerprint density at radius 2 is 1.47 bits per heavy atom. The van der Waals surface area contributed by atoms with Crippen molar-refractivity contribution in [2.75, 3.05) is 20.2 Å². The van der Waals surface area contributed by atoms with Crippen LogP contribution in [0.25, 0.3) is 0 Å². The Bertz CT molecular complexity index is 984. The summed E-state index contributed by atoms with van der Waals surface area (Å²) in [5, 5.41) is 0. The number of nitrogens with zero attached hydrogens (tertiary/aromatic N) is 1. The van der Waals surface area contributed by atoms with Crippen LogP contribution in [-0.4, -0.2) is 31.2 Å². The topological polar surface area (TPSA) is 38.8 Å². The monoisotopic (exact) mass is 447 g/mol. The number of hydrogen-bond acceptors (Lipinski definition) is 4. The van der Waals surface area contributed by atoms with Crippen molar-refractivity contribution >= 4 is 17.9 Å². The fraction of sp³-hybridized carbons (Fsp3) is 0.296. The number of likely N-dealkylation sites (tertiary alicyclic amines) is 1. The number of hydrogen-bond donors (Lipinski definition) is 0. The molecule has 4 nitrogen and oxygen atoms in total. The molecule has 5 heteroatoms. The second-order valence-corrected chi connectivity index (χ2v) is 9.38. The molecule has 0 radical (unpaired) electrons. The van der Waals surface area contributed by atoms with Crippen LogP contribution < -0.4 is 4.74 Å². The lowest BCUT2D eigenvalue weighted by Gasteiger charge is -2.41.